The quantitative estimate of drug-likeness (QED) is 0.445. The summed E-state index contributed by atoms with van der Waals surface area (Å²) in [4.78, 5) is 11.4. The first-order valence-corrected chi connectivity index (χ1v) is 5.94. The molecule has 92 valence electrons. The molecule has 0 spiro atoms. The first kappa shape index (κ1) is 13.5. The zero-order valence-electron chi connectivity index (χ0n) is 11.0. The fourth-order valence-electron chi connectivity index (χ4n) is 1.74. The molecule has 0 unspecified atom stereocenters. The summed E-state index contributed by atoms with van der Waals surface area (Å²) < 4.78 is 5.39. The second-order valence-electron chi connectivity index (χ2n) is 4.70. The van der Waals surface area contributed by atoms with Gasteiger partial charge in [0.25, 0.3) is 0 Å². The van der Waals surface area contributed by atoms with Crippen LogP contribution in [-0.2, 0) is 4.79 Å². The molecule has 0 aliphatic rings. The largest absolute Gasteiger partial charge is 0.423 e. The number of esters is 1. The number of benzene rings is 1. The SMILES string of the molecule is C=CC(=O)Oc1c(C(C)C)cccc1C(C)C. The lowest BCUT2D eigenvalue weighted by Gasteiger charge is -2.18. The van der Waals surface area contributed by atoms with Gasteiger partial charge < -0.3 is 4.74 Å². The van der Waals surface area contributed by atoms with Gasteiger partial charge in [0.05, 0.1) is 0 Å². The summed E-state index contributed by atoms with van der Waals surface area (Å²) in [6.45, 7) is 11.8. The van der Waals surface area contributed by atoms with Gasteiger partial charge in [-0.2, -0.15) is 0 Å². The Labute approximate surface area is 103 Å². The molecule has 0 bridgehead atoms. The first-order valence-electron chi connectivity index (χ1n) is 5.94. The van der Waals surface area contributed by atoms with Gasteiger partial charge in [-0.05, 0) is 23.0 Å². The Morgan fingerprint density at radius 1 is 1.18 bits per heavy atom. The average molecular weight is 232 g/mol. The fraction of sp³-hybridized carbons (Fsp3) is 0.400. The highest BCUT2D eigenvalue weighted by atomic mass is 16.5. The van der Waals surface area contributed by atoms with Gasteiger partial charge in [-0.15, -0.1) is 0 Å². The number of carbonyl (C=O) groups is 1. The van der Waals surface area contributed by atoms with Crippen LogP contribution in [0.5, 0.6) is 5.75 Å². The average Bonchev–Trinajstić information content (AvgIpc) is 2.28. The van der Waals surface area contributed by atoms with E-state index in [1.807, 2.05) is 18.2 Å². The van der Waals surface area contributed by atoms with Crippen molar-refractivity contribution in [3.05, 3.63) is 42.0 Å². The van der Waals surface area contributed by atoms with Crippen LogP contribution in [-0.4, -0.2) is 5.97 Å². The third-order valence-electron chi connectivity index (χ3n) is 2.69. The molecule has 0 heterocycles. The molecule has 0 amide bonds. The van der Waals surface area contributed by atoms with E-state index < -0.39 is 5.97 Å². The molecule has 0 fully saturated rings. The summed E-state index contributed by atoms with van der Waals surface area (Å²) in [6, 6.07) is 6.01. The molecular weight excluding hydrogens is 212 g/mol. The lowest BCUT2D eigenvalue weighted by atomic mass is 9.94. The van der Waals surface area contributed by atoms with Crippen LogP contribution in [0.1, 0.15) is 50.7 Å². The van der Waals surface area contributed by atoms with Crippen molar-refractivity contribution in [2.45, 2.75) is 39.5 Å². The maximum absolute atomic E-state index is 11.4. The number of hydrogen-bond donors (Lipinski definition) is 0. The minimum atomic E-state index is -0.403. The number of hydrogen-bond acceptors (Lipinski definition) is 2. The van der Waals surface area contributed by atoms with Crippen LogP contribution in [0.2, 0.25) is 0 Å². The molecule has 0 aliphatic heterocycles. The highest BCUT2D eigenvalue weighted by Gasteiger charge is 2.16. The number of para-hydroxylation sites is 1. The summed E-state index contributed by atoms with van der Waals surface area (Å²) in [7, 11) is 0. The molecule has 0 saturated carbocycles. The van der Waals surface area contributed by atoms with Crippen LogP contribution in [0.15, 0.2) is 30.9 Å². The normalized spacial score (nSPS) is 10.7. The lowest BCUT2D eigenvalue weighted by Crippen LogP contribution is -2.09. The Morgan fingerprint density at radius 2 is 1.65 bits per heavy atom. The Hall–Kier alpha value is -1.57. The van der Waals surface area contributed by atoms with Gasteiger partial charge in [-0.1, -0.05) is 52.5 Å². The Bertz CT molecular complexity index is 391. The minimum absolute atomic E-state index is 0.321. The van der Waals surface area contributed by atoms with Gasteiger partial charge in [0.1, 0.15) is 5.75 Å². The molecule has 1 rings (SSSR count). The molecule has 1 aromatic rings. The van der Waals surface area contributed by atoms with Crippen molar-refractivity contribution in [3.8, 4) is 5.75 Å². The Balaban J connectivity index is 3.28. The standard InChI is InChI=1S/C15H20O2/c1-6-14(16)17-15-12(10(2)3)8-7-9-13(15)11(4)5/h6-11H,1H2,2-5H3. The molecule has 0 N–H and O–H groups in total. The topological polar surface area (TPSA) is 26.3 Å². The van der Waals surface area contributed by atoms with E-state index in [1.54, 1.807) is 0 Å². The molecular formula is C15H20O2. The van der Waals surface area contributed by atoms with E-state index in [9.17, 15) is 4.79 Å². The molecule has 1 aromatic carbocycles. The van der Waals surface area contributed by atoms with Crippen molar-refractivity contribution in [2.24, 2.45) is 0 Å². The molecule has 2 nitrogen and oxygen atoms in total. The van der Waals surface area contributed by atoms with Crippen molar-refractivity contribution >= 4 is 5.97 Å². The zero-order chi connectivity index (χ0) is 13.0. The van der Waals surface area contributed by atoms with Crippen molar-refractivity contribution in [2.75, 3.05) is 0 Å². The van der Waals surface area contributed by atoms with E-state index in [2.05, 4.69) is 34.3 Å². The number of rotatable bonds is 4. The van der Waals surface area contributed by atoms with Gasteiger partial charge in [0.15, 0.2) is 0 Å². The zero-order valence-corrected chi connectivity index (χ0v) is 11.0. The van der Waals surface area contributed by atoms with Crippen molar-refractivity contribution in [1.29, 1.82) is 0 Å². The molecule has 0 aromatic heterocycles. The summed E-state index contributed by atoms with van der Waals surface area (Å²) in [6.07, 6.45) is 1.20. The van der Waals surface area contributed by atoms with Crippen LogP contribution in [0.3, 0.4) is 0 Å². The van der Waals surface area contributed by atoms with E-state index in [-0.39, 0.29) is 0 Å². The molecule has 0 saturated heterocycles. The molecule has 17 heavy (non-hydrogen) atoms. The van der Waals surface area contributed by atoms with Crippen molar-refractivity contribution < 1.29 is 9.53 Å². The minimum Gasteiger partial charge on any atom is -0.423 e. The van der Waals surface area contributed by atoms with Crippen LogP contribution in [0, 0.1) is 0 Å². The second-order valence-corrected chi connectivity index (χ2v) is 4.70. The fourth-order valence-corrected chi connectivity index (χ4v) is 1.74. The maximum Gasteiger partial charge on any atom is 0.335 e. The van der Waals surface area contributed by atoms with E-state index in [1.165, 1.54) is 6.08 Å². The third-order valence-corrected chi connectivity index (χ3v) is 2.69. The number of ether oxygens (including phenoxy) is 1. The van der Waals surface area contributed by atoms with Crippen molar-refractivity contribution in [1.82, 2.24) is 0 Å². The highest BCUT2D eigenvalue weighted by Crippen LogP contribution is 2.34. The predicted octanol–water partition coefficient (Wildman–Crippen LogP) is 4.02. The van der Waals surface area contributed by atoms with Gasteiger partial charge in [0, 0.05) is 6.08 Å². The van der Waals surface area contributed by atoms with Crippen LogP contribution < -0.4 is 4.74 Å². The van der Waals surface area contributed by atoms with E-state index in [0.29, 0.717) is 17.6 Å². The van der Waals surface area contributed by atoms with Crippen molar-refractivity contribution in [3.63, 3.8) is 0 Å². The lowest BCUT2D eigenvalue weighted by molar-refractivity contribution is -0.129. The summed E-state index contributed by atoms with van der Waals surface area (Å²) in [5.74, 6) is 0.935. The molecule has 2 heteroatoms. The highest BCUT2D eigenvalue weighted by molar-refractivity contribution is 5.84. The van der Waals surface area contributed by atoms with Gasteiger partial charge in [0.2, 0.25) is 0 Å². The van der Waals surface area contributed by atoms with Gasteiger partial charge in [-0.25, -0.2) is 4.79 Å². The number of carbonyl (C=O) groups excluding carboxylic acids is 1. The molecule has 0 aliphatic carbocycles. The second kappa shape index (κ2) is 5.67. The summed E-state index contributed by atoms with van der Waals surface area (Å²) in [5, 5.41) is 0. The van der Waals surface area contributed by atoms with Gasteiger partial charge in [-0.3, -0.25) is 0 Å². The maximum atomic E-state index is 11.4. The third kappa shape index (κ3) is 3.19. The molecule has 0 atom stereocenters. The van der Waals surface area contributed by atoms with E-state index in [4.69, 9.17) is 4.74 Å². The predicted molar refractivity (Wildman–Crippen MR) is 70.5 cm³/mol. The monoisotopic (exact) mass is 232 g/mol. The van der Waals surface area contributed by atoms with Gasteiger partial charge >= 0.3 is 5.97 Å². The van der Waals surface area contributed by atoms with Crippen LogP contribution >= 0.6 is 0 Å². The van der Waals surface area contributed by atoms with E-state index in [0.717, 1.165) is 11.1 Å². The van der Waals surface area contributed by atoms with Crippen LogP contribution in [0.25, 0.3) is 0 Å². The first-order chi connectivity index (χ1) is 7.97. The Kier molecular flexibility index (Phi) is 4.50. The Morgan fingerprint density at radius 3 is 2.00 bits per heavy atom. The van der Waals surface area contributed by atoms with E-state index >= 15 is 0 Å². The summed E-state index contributed by atoms with van der Waals surface area (Å²) in [5.41, 5.74) is 2.12. The van der Waals surface area contributed by atoms with Crippen LogP contribution in [0.4, 0.5) is 0 Å². The summed E-state index contributed by atoms with van der Waals surface area (Å²) >= 11 is 0. The smallest absolute Gasteiger partial charge is 0.335 e. The molecule has 0 radical (unpaired) electrons.